The van der Waals surface area contributed by atoms with E-state index in [1.807, 2.05) is 0 Å². The number of likely N-dealkylation sites (tertiary alicyclic amines) is 1. The van der Waals surface area contributed by atoms with Crippen molar-refractivity contribution in [2.45, 2.75) is 57.0 Å². The Labute approximate surface area is 140 Å². The van der Waals surface area contributed by atoms with Gasteiger partial charge in [-0.2, -0.15) is 0 Å². The third-order valence-corrected chi connectivity index (χ3v) is 7.20. The summed E-state index contributed by atoms with van der Waals surface area (Å²) in [6, 6.07) is 12.4. The minimum Gasteiger partial charge on any atom is -0.381 e. The highest BCUT2D eigenvalue weighted by Gasteiger charge is 2.50. The van der Waals surface area contributed by atoms with Crippen LogP contribution in [0.5, 0.6) is 0 Å². The molecule has 6 rings (SSSR count). The normalized spacial score (nSPS) is 42.8. The van der Waals surface area contributed by atoms with Crippen LogP contribution in [-0.4, -0.2) is 30.1 Å². The molecule has 5 aliphatic rings. The SMILES string of the molecule is c1ccc(NC2CCCN(C3C4CC5CC(C4)CC3C5)C2)cc1. The summed E-state index contributed by atoms with van der Waals surface area (Å²) in [6.07, 6.45) is 10.5. The number of hydrogen-bond acceptors (Lipinski definition) is 2. The first-order valence-corrected chi connectivity index (χ1v) is 9.91. The molecule has 124 valence electrons. The second-order valence-electron chi connectivity index (χ2n) is 8.77. The van der Waals surface area contributed by atoms with Gasteiger partial charge in [0.15, 0.2) is 0 Å². The van der Waals surface area contributed by atoms with Crippen molar-refractivity contribution in [1.29, 1.82) is 0 Å². The second-order valence-corrected chi connectivity index (χ2v) is 8.77. The van der Waals surface area contributed by atoms with Crippen LogP contribution >= 0.6 is 0 Å². The smallest absolute Gasteiger partial charge is 0.0389 e. The summed E-state index contributed by atoms with van der Waals surface area (Å²) in [7, 11) is 0. The van der Waals surface area contributed by atoms with Crippen molar-refractivity contribution in [1.82, 2.24) is 4.90 Å². The number of para-hydroxylation sites is 1. The molecule has 1 aromatic carbocycles. The van der Waals surface area contributed by atoms with Crippen molar-refractivity contribution in [3.8, 4) is 0 Å². The zero-order valence-corrected chi connectivity index (χ0v) is 14.2. The van der Waals surface area contributed by atoms with Gasteiger partial charge in [0.2, 0.25) is 0 Å². The Morgan fingerprint density at radius 1 is 0.870 bits per heavy atom. The van der Waals surface area contributed by atoms with Crippen LogP contribution in [0.3, 0.4) is 0 Å². The molecule has 1 unspecified atom stereocenters. The molecule has 23 heavy (non-hydrogen) atoms. The van der Waals surface area contributed by atoms with E-state index in [0.717, 1.165) is 29.7 Å². The van der Waals surface area contributed by atoms with Gasteiger partial charge in [-0.25, -0.2) is 0 Å². The topological polar surface area (TPSA) is 15.3 Å². The first-order chi connectivity index (χ1) is 11.3. The van der Waals surface area contributed by atoms with Gasteiger partial charge in [-0.1, -0.05) is 18.2 Å². The van der Waals surface area contributed by atoms with Crippen molar-refractivity contribution >= 4 is 5.69 Å². The van der Waals surface area contributed by atoms with E-state index in [2.05, 4.69) is 40.5 Å². The van der Waals surface area contributed by atoms with Crippen LogP contribution in [0.15, 0.2) is 30.3 Å². The first kappa shape index (κ1) is 14.3. The molecule has 0 amide bonds. The molecule has 0 aromatic heterocycles. The molecule has 1 heterocycles. The number of nitrogens with one attached hydrogen (secondary N) is 1. The predicted molar refractivity (Wildman–Crippen MR) is 95.5 cm³/mol. The second kappa shape index (κ2) is 5.81. The molecule has 0 spiro atoms. The third-order valence-electron chi connectivity index (χ3n) is 7.20. The fourth-order valence-corrected chi connectivity index (χ4v) is 6.66. The van der Waals surface area contributed by atoms with Crippen LogP contribution in [0.2, 0.25) is 0 Å². The van der Waals surface area contributed by atoms with E-state index in [1.165, 1.54) is 31.6 Å². The Kier molecular flexibility index (Phi) is 3.62. The predicted octanol–water partition coefficient (Wildman–Crippen LogP) is 4.39. The van der Waals surface area contributed by atoms with Gasteiger partial charge in [0, 0.05) is 24.3 Å². The summed E-state index contributed by atoms with van der Waals surface area (Å²) < 4.78 is 0. The highest BCUT2D eigenvalue weighted by molar-refractivity contribution is 5.43. The van der Waals surface area contributed by atoms with Crippen molar-refractivity contribution in [3.05, 3.63) is 30.3 Å². The minimum atomic E-state index is 0.642. The summed E-state index contributed by atoms with van der Waals surface area (Å²) >= 11 is 0. The Balaban J connectivity index is 1.28. The standard InChI is InChI=1S/C21H30N2/c1-2-5-19(6-3-1)22-20-7-4-8-23(14-20)21-17-10-15-9-16(12-17)13-18(21)11-15/h1-3,5-6,15-18,20-22H,4,7-14H2. The highest BCUT2D eigenvalue weighted by atomic mass is 15.2. The zero-order valence-electron chi connectivity index (χ0n) is 14.2. The lowest BCUT2D eigenvalue weighted by atomic mass is 9.53. The monoisotopic (exact) mass is 310 g/mol. The van der Waals surface area contributed by atoms with Gasteiger partial charge in [-0.3, -0.25) is 4.90 Å². The molecular formula is C21H30N2. The maximum absolute atomic E-state index is 3.79. The maximum Gasteiger partial charge on any atom is 0.0389 e. The molecule has 2 nitrogen and oxygen atoms in total. The van der Waals surface area contributed by atoms with Crippen molar-refractivity contribution in [3.63, 3.8) is 0 Å². The molecule has 1 N–H and O–H groups in total. The quantitative estimate of drug-likeness (QED) is 0.891. The maximum atomic E-state index is 3.79. The molecule has 4 bridgehead atoms. The molecular weight excluding hydrogens is 280 g/mol. The van der Waals surface area contributed by atoms with E-state index in [9.17, 15) is 0 Å². The lowest BCUT2D eigenvalue weighted by molar-refractivity contribution is -0.0710. The molecule has 5 fully saturated rings. The van der Waals surface area contributed by atoms with E-state index in [-0.39, 0.29) is 0 Å². The van der Waals surface area contributed by atoms with Crippen LogP contribution in [0, 0.1) is 23.7 Å². The van der Waals surface area contributed by atoms with Crippen LogP contribution in [0.4, 0.5) is 5.69 Å². The van der Waals surface area contributed by atoms with E-state index in [4.69, 9.17) is 0 Å². The Bertz CT molecular complexity index is 512. The number of hydrogen-bond donors (Lipinski definition) is 1. The summed E-state index contributed by atoms with van der Waals surface area (Å²) in [5, 5.41) is 3.79. The van der Waals surface area contributed by atoms with Crippen molar-refractivity contribution in [2.24, 2.45) is 23.7 Å². The molecule has 1 aromatic rings. The molecule has 4 aliphatic carbocycles. The molecule has 2 heteroatoms. The molecule has 1 atom stereocenters. The Hall–Kier alpha value is -1.02. The average molecular weight is 310 g/mol. The number of anilines is 1. The van der Waals surface area contributed by atoms with Crippen molar-refractivity contribution in [2.75, 3.05) is 18.4 Å². The lowest BCUT2D eigenvalue weighted by Crippen LogP contribution is -2.59. The number of benzene rings is 1. The van der Waals surface area contributed by atoms with E-state index < -0.39 is 0 Å². The van der Waals surface area contributed by atoms with E-state index in [0.29, 0.717) is 6.04 Å². The molecule has 4 saturated carbocycles. The number of piperidine rings is 1. The van der Waals surface area contributed by atoms with Gasteiger partial charge < -0.3 is 5.32 Å². The van der Waals surface area contributed by atoms with Gasteiger partial charge in [-0.15, -0.1) is 0 Å². The highest BCUT2D eigenvalue weighted by Crippen LogP contribution is 2.55. The van der Waals surface area contributed by atoms with Crippen LogP contribution in [0.1, 0.15) is 44.9 Å². The van der Waals surface area contributed by atoms with Gasteiger partial charge in [0.05, 0.1) is 0 Å². The van der Waals surface area contributed by atoms with E-state index >= 15 is 0 Å². The molecule has 1 aliphatic heterocycles. The fourth-order valence-electron chi connectivity index (χ4n) is 6.66. The summed E-state index contributed by atoms with van der Waals surface area (Å²) in [5.41, 5.74) is 1.30. The summed E-state index contributed by atoms with van der Waals surface area (Å²) in [5.74, 6) is 4.25. The summed E-state index contributed by atoms with van der Waals surface area (Å²) in [6.45, 7) is 2.61. The number of nitrogens with zero attached hydrogens (tertiary/aromatic N) is 1. The largest absolute Gasteiger partial charge is 0.381 e. The minimum absolute atomic E-state index is 0.642. The molecule has 0 radical (unpaired) electrons. The van der Waals surface area contributed by atoms with Gasteiger partial charge in [0.1, 0.15) is 0 Å². The van der Waals surface area contributed by atoms with Crippen LogP contribution < -0.4 is 5.32 Å². The average Bonchev–Trinajstić information content (AvgIpc) is 2.55. The Morgan fingerprint density at radius 2 is 1.57 bits per heavy atom. The summed E-state index contributed by atoms with van der Waals surface area (Å²) in [4.78, 5) is 2.90. The third kappa shape index (κ3) is 2.69. The lowest BCUT2D eigenvalue weighted by Gasteiger charge is -2.58. The van der Waals surface area contributed by atoms with E-state index in [1.54, 1.807) is 32.1 Å². The first-order valence-electron chi connectivity index (χ1n) is 9.91. The number of rotatable bonds is 3. The van der Waals surface area contributed by atoms with Crippen molar-refractivity contribution < 1.29 is 0 Å². The van der Waals surface area contributed by atoms with Gasteiger partial charge in [-0.05, 0) is 87.3 Å². The fraction of sp³-hybridized carbons (Fsp3) is 0.714. The van der Waals surface area contributed by atoms with Gasteiger partial charge >= 0.3 is 0 Å². The Morgan fingerprint density at radius 3 is 2.26 bits per heavy atom. The van der Waals surface area contributed by atoms with Gasteiger partial charge in [0.25, 0.3) is 0 Å². The zero-order chi connectivity index (χ0) is 15.2. The molecule has 1 saturated heterocycles. The van der Waals surface area contributed by atoms with Crippen LogP contribution in [0.25, 0.3) is 0 Å². The van der Waals surface area contributed by atoms with Crippen LogP contribution in [-0.2, 0) is 0 Å².